The molecular weight excluding hydrogens is 278 g/mol. The Morgan fingerprint density at radius 3 is 2.95 bits per heavy atom. The molecular formula is C13H21N3O3S. The lowest BCUT2D eigenvalue weighted by Crippen LogP contribution is -2.39. The maximum absolute atomic E-state index is 11.6. The van der Waals surface area contributed by atoms with Crippen LogP contribution in [-0.2, 0) is 10.0 Å². The van der Waals surface area contributed by atoms with Gasteiger partial charge in [-0.3, -0.25) is 0 Å². The number of aliphatic hydroxyl groups excluding tert-OH is 1. The van der Waals surface area contributed by atoms with Gasteiger partial charge in [-0.15, -0.1) is 0 Å². The molecule has 2 unspecified atom stereocenters. The van der Waals surface area contributed by atoms with E-state index in [0.717, 1.165) is 12.8 Å². The number of rotatable bonds is 4. The van der Waals surface area contributed by atoms with E-state index in [0.29, 0.717) is 31.0 Å². The molecule has 0 amide bonds. The fraction of sp³-hybridized carbons (Fsp3) is 0.692. The first-order chi connectivity index (χ1) is 9.36. The topological polar surface area (TPSA) is 83.4 Å². The minimum Gasteiger partial charge on any atom is -0.387 e. The highest BCUT2D eigenvalue weighted by Gasteiger charge is 2.27. The zero-order valence-corrected chi connectivity index (χ0v) is 12.7. The Hall–Kier alpha value is -1.05. The van der Waals surface area contributed by atoms with Crippen molar-refractivity contribution in [3.8, 4) is 0 Å². The van der Waals surface area contributed by atoms with Crippen molar-refractivity contribution < 1.29 is 13.5 Å². The lowest BCUT2D eigenvalue weighted by molar-refractivity contribution is 0.119. The molecule has 1 N–H and O–H groups in total. The molecule has 0 spiro atoms. The van der Waals surface area contributed by atoms with E-state index in [9.17, 15) is 13.5 Å². The normalized spacial score (nSPS) is 22.6. The van der Waals surface area contributed by atoms with Crippen LogP contribution in [-0.4, -0.2) is 47.1 Å². The molecule has 2 atom stereocenters. The van der Waals surface area contributed by atoms with E-state index in [2.05, 4.69) is 9.97 Å². The van der Waals surface area contributed by atoms with Crippen molar-refractivity contribution in [3.63, 3.8) is 0 Å². The van der Waals surface area contributed by atoms with E-state index in [1.807, 2.05) is 0 Å². The van der Waals surface area contributed by atoms with Gasteiger partial charge in [0.2, 0.25) is 10.0 Å². The Kier molecular flexibility index (Phi) is 4.72. The minimum atomic E-state index is -3.14. The van der Waals surface area contributed by atoms with E-state index in [1.165, 1.54) is 10.6 Å². The van der Waals surface area contributed by atoms with E-state index >= 15 is 0 Å². The molecule has 1 aromatic heterocycles. The highest BCUT2D eigenvalue weighted by Crippen LogP contribution is 2.27. The van der Waals surface area contributed by atoms with E-state index in [4.69, 9.17) is 0 Å². The maximum Gasteiger partial charge on any atom is 0.211 e. The predicted molar refractivity (Wildman–Crippen MR) is 75.5 cm³/mol. The second kappa shape index (κ2) is 6.15. The summed E-state index contributed by atoms with van der Waals surface area (Å²) in [5.41, 5.74) is 0.606. The summed E-state index contributed by atoms with van der Waals surface area (Å²) in [6.45, 7) is 2.85. The van der Waals surface area contributed by atoms with Gasteiger partial charge in [0.1, 0.15) is 5.82 Å². The van der Waals surface area contributed by atoms with Crippen LogP contribution in [0.15, 0.2) is 12.3 Å². The zero-order valence-electron chi connectivity index (χ0n) is 11.9. The molecule has 2 rings (SSSR count). The van der Waals surface area contributed by atoms with Crippen LogP contribution < -0.4 is 0 Å². The molecule has 0 aliphatic carbocycles. The monoisotopic (exact) mass is 299 g/mol. The van der Waals surface area contributed by atoms with E-state index in [1.54, 1.807) is 19.2 Å². The molecule has 1 aromatic rings. The number of sulfonamides is 1. The van der Waals surface area contributed by atoms with Crippen LogP contribution in [0.2, 0.25) is 0 Å². The van der Waals surface area contributed by atoms with Crippen molar-refractivity contribution >= 4 is 10.0 Å². The van der Waals surface area contributed by atoms with Gasteiger partial charge >= 0.3 is 0 Å². The largest absolute Gasteiger partial charge is 0.387 e. The van der Waals surface area contributed by atoms with Gasteiger partial charge in [0.15, 0.2) is 0 Å². The Morgan fingerprint density at radius 2 is 2.30 bits per heavy atom. The van der Waals surface area contributed by atoms with E-state index < -0.39 is 16.1 Å². The van der Waals surface area contributed by atoms with Gasteiger partial charge in [-0.1, -0.05) is 0 Å². The van der Waals surface area contributed by atoms with Gasteiger partial charge in [0.25, 0.3) is 0 Å². The fourth-order valence-corrected chi connectivity index (χ4v) is 3.56. The number of hydrogen-bond acceptors (Lipinski definition) is 5. The molecule has 1 fully saturated rings. The molecule has 0 aromatic carbocycles. The molecule has 1 aliphatic rings. The molecule has 6 nitrogen and oxygen atoms in total. The predicted octanol–water partition coefficient (Wildman–Crippen LogP) is 0.880. The second-order valence-electron chi connectivity index (χ2n) is 5.41. The molecule has 20 heavy (non-hydrogen) atoms. The summed E-state index contributed by atoms with van der Waals surface area (Å²) in [6.07, 6.45) is 4.51. The van der Waals surface area contributed by atoms with Crippen molar-refractivity contribution in [2.45, 2.75) is 32.3 Å². The van der Waals surface area contributed by atoms with Crippen LogP contribution in [0.5, 0.6) is 0 Å². The summed E-state index contributed by atoms with van der Waals surface area (Å²) < 4.78 is 24.6. The van der Waals surface area contributed by atoms with Crippen molar-refractivity contribution in [2.75, 3.05) is 19.3 Å². The number of aromatic nitrogens is 2. The summed E-state index contributed by atoms with van der Waals surface area (Å²) >= 11 is 0. The van der Waals surface area contributed by atoms with Crippen LogP contribution in [0.4, 0.5) is 0 Å². The quantitative estimate of drug-likeness (QED) is 0.892. The number of hydrogen-bond donors (Lipinski definition) is 1. The van der Waals surface area contributed by atoms with Crippen molar-refractivity contribution in [3.05, 3.63) is 23.8 Å². The van der Waals surface area contributed by atoms with Gasteiger partial charge in [0, 0.05) is 19.3 Å². The number of aryl methyl sites for hydroxylation is 1. The summed E-state index contributed by atoms with van der Waals surface area (Å²) in [7, 11) is -3.14. The van der Waals surface area contributed by atoms with Crippen LogP contribution >= 0.6 is 0 Å². The van der Waals surface area contributed by atoms with Crippen molar-refractivity contribution in [1.29, 1.82) is 0 Å². The molecule has 2 heterocycles. The summed E-state index contributed by atoms with van der Waals surface area (Å²) in [4.78, 5) is 8.22. The number of piperidine rings is 1. The SMILES string of the molecule is Cc1nccc(C(O)CC2CCCN(S(C)(=O)=O)C2)n1. The number of aliphatic hydroxyl groups is 1. The third kappa shape index (κ3) is 3.97. The summed E-state index contributed by atoms with van der Waals surface area (Å²) in [5.74, 6) is 0.798. The van der Waals surface area contributed by atoms with Crippen LogP contribution in [0.1, 0.15) is 36.9 Å². The van der Waals surface area contributed by atoms with Crippen molar-refractivity contribution in [1.82, 2.24) is 14.3 Å². The summed E-state index contributed by atoms with van der Waals surface area (Å²) in [6, 6.07) is 1.70. The standard InChI is InChI=1S/C13H21N3O3S/c1-10-14-6-5-12(15-10)13(17)8-11-4-3-7-16(9-11)20(2,18)19/h5-6,11,13,17H,3-4,7-9H2,1-2H3. The fourth-order valence-electron chi connectivity index (χ4n) is 2.62. The Balaban J connectivity index is 1.99. The molecule has 7 heteroatoms. The zero-order chi connectivity index (χ0) is 14.8. The number of nitrogens with zero attached hydrogens (tertiary/aromatic N) is 3. The molecule has 112 valence electrons. The van der Waals surface area contributed by atoms with Crippen molar-refractivity contribution in [2.24, 2.45) is 5.92 Å². The molecule has 1 aliphatic heterocycles. The van der Waals surface area contributed by atoms with Gasteiger partial charge < -0.3 is 5.11 Å². The molecule has 1 saturated heterocycles. The Labute approximate surface area is 119 Å². The Bertz CT molecular complexity index is 562. The minimum absolute atomic E-state index is 0.170. The van der Waals surface area contributed by atoms with Gasteiger partial charge in [-0.25, -0.2) is 22.7 Å². The molecule has 0 bridgehead atoms. The van der Waals surface area contributed by atoms with Crippen LogP contribution in [0.25, 0.3) is 0 Å². The average molecular weight is 299 g/mol. The first-order valence-electron chi connectivity index (χ1n) is 6.79. The third-order valence-corrected chi connectivity index (χ3v) is 4.92. The molecule has 0 saturated carbocycles. The lowest BCUT2D eigenvalue weighted by atomic mass is 9.92. The third-order valence-electron chi connectivity index (χ3n) is 3.65. The highest BCUT2D eigenvalue weighted by atomic mass is 32.2. The van der Waals surface area contributed by atoms with Crippen LogP contribution in [0, 0.1) is 12.8 Å². The first-order valence-corrected chi connectivity index (χ1v) is 8.64. The second-order valence-corrected chi connectivity index (χ2v) is 7.39. The van der Waals surface area contributed by atoms with Crippen LogP contribution in [0.3, 0.4) is 0 Å². The summed E-state index contributed by atoms with van der Waals surface area (Å²) in [5, 5.41) is 10.2. The molecule has 0 radical (unpaired) electrons. The lowest BCUT2D eigenvalue weighted by Gasteiger charge is -2.31. The Morgan fingerprint density at radius 1 is 1.55 bits per heavy atom. The van der Waals surface area contributed by atoms with Gasteiger partial charge in [-0.2, -0.15) is 0 Å². The van der Waals surface area contributed by atoms with Gasteiger partial charge in [-0.05, 0) is 38.2 Å². The maximum atomic E-state index is 11.6. The smallest absolute Gasteiger partial charge is 0.211 e. The van der Waals surface area contributed by atoms with Gasteiger partial charge in [0.05, 0.1) is 18.1 Å². The highest BCUT2D eigenvalue weighted by molar-refractivity contribution is 7.88. The average Bonchev–Trinajstić information content (AvgIpc) is 2.38. The van der Waals surface area contributed by atoms with E-state index in [-0.39, 0.29) is 5.92 Å². The first kappa shape index (κ1) is 15.3.